The van der Waals surface area contributed by atoms with Crippen molar-refractivity contribution in [1.82, 2.24) is 5.32 Å². The number of aryl methyl sites for hydroxylation is 3. The minimum atomic E-state index is -0.624. The Morgan fingerprint density at radius 2 is 1.52 bits per heavy atom. The molecule has 5 heteroatoms. The lowest BCUT2D eigenvalue weighted by molar-refractivity contribution is -0.127. The summed E-state index contributed by atoms with van der Waals surface area (Å²) < 4.78 is 11.4. The smallest absolute Gasteiger partial charge is 0.261 e. The van der Waals surface area contributed by atoms with Crippen LogP contribution in [0.15, 0.2) is 24.3 Å². The summed E-state index contributed by atoms with van der Waals surface area (Å²) in [6.07, 6.45) is -0.624. The Hall–Kier alpha value is -2.20. The monoisotopic (exact) mass is 417 g/mol. The highest BCUT2D eigenvalue weighted by atomic mass is 35.5. The molecule has 0 aliphatic rings. The van der Waals surface area contributed by atoms with Crippen LogP contribution in [0.3, 0.4) is 0 Å². The van der Waals surface area contributed by atoms with E-state index in [1.54, 1.807) is 14.0 Å². The molecule has 2 atom stereocenters. The van der Waals surface area contributed by atoms with E-state index in [4.69, 9.17) is 21.1 Å². The van der Waals surface area contributed by atoms with Crippen molar-refractivity contribution in [2.75, 3.05) is 7.11 Å². The maximum Gasteiger partial charge on any atom is 0.261 e. The van der Waals surface area contributed by atoms with Gasteiger partial charge >= 0.3 is 0 Å². The number of rotatable bonds is 7. The summed E-state index contributed by atoms with van der Waals surface area (Å²) in [5, 5.41) is 3.79. The van der Waals surface area contributed by atoms with Crippen molar-refractivity contribution in [3.8, 4) is 11.5 Å². The second-order valence-electron chi connectivity index (χ2n) is 7.97. The Morgan fingerprint density at radius 1 is 0.931 bits per heavy atom. The number of nitrogens with one attached hydrogen (secondary N) is 1. The fourth-order valence-electron chi connectivity index (χ4n) is 3.45. The largest absolute Gasteiger partial charge is 0.496 e. The van der Waals surface area contributed by atoms with Gasteiger partial charge in [0.25, 0.3) is 5.91 Å². The first kappa shape index (κ1) is 23.1. The second kappa shape index (κ2) is 9.53. The van der Waals surface area contributed by atoms with Gasteiger partial charge in [0.15, 0.2) is 6.10 Å². The topological polar surface area (TPSA) is 47.6 Å². The number of ether oxygens (including phenoxy) is 2. The molecule has 0 aliphatic carbocycles. The predicted octanol–water partition coefficient (Wildman–Crippen LogP) is 6.04. The van der Waals surface area contributed by atoms with Crippen LogP contribution in [0.5, 0.6) is 11.5 Å². The zero-order valence-corrected chi connectivity index (χ0v) is 19.4. The lowest BCUT2D eigenvalue weighted by Crippen LogP contribution is -2.38. The van der Waals surface area contributed by atoms with Crippen LogP contribution >= 0.6 is 11.6 Å². The summed E-state index contributed by atoms with van der Waals surface area (Å²) in [5.41, 5.74) is 5.14. The summed E-state index contributed by atoms with van der Waals surface area (Å²) in [6.45, 7) is 13.9. The normalized spacial score (nSPS) is 13.2. The van der Waals surface area contributed by atoms with E-state index in [-0.39, 0.29) is 11.9 Å². The molecule has 0 saturated heterocycles. The number of benzene rings is 2. The van der Waals surface area contributed by atoms with Crippen molar-refractivity contribution in [1.29, 1.82) is 0 Å². The van der Waals surface area contributed by atoms with Crippen LogP contribution in [0.2, 0.25) is 5.02 Å². The summed E-state index contributed by atoms with van der Waals surface area (Å²) in [4.78, 5) is 12.7. The molecule has 29 heavy (non-hydrogen) atoms. The van der Waals surface area contributed by atoms with Gasteiger partial charge in [-0.2, -0.15) is 0 Å². The standard InChI is InChI=1S/C24H32ClNO3/c1-13(2)20-12-21(14(3)11-22(20)28-8)17(6)26-24(27)18(7)29-19-9-15(4)23(25)16(5)10-19/h9-13,17-18H,1-8H3,(H,26,27)/t17-,18+/m1/s1. The molecule has 1 amide bonds. The molecule has 0 bridgehead atoms. The van der Waals surface area contributed by atoms with E-state index in [0.717, 1.165) is 38.6 Å². The number of carbonyl (C=O) groups excluding carboxylic acids is 1. The van der Waals surface area contributed by atoms with Crippen LogP contribution in [0.1, 0.15) is 67.5 Å². The predicted molar refractivity (Wildman–Crippen MR) is 119 cm³/mol. The summed E-state index contributed by atoms with van der Waals surface area (Å²) in [7, 11) is 1.69. The Kier molecular flexibility index (Phi) is 7.59. The zero-order chi connectivity index (χ0) is 21.9. The van der Waals surface area contributed by atoms with E-state index in [1.807, 2.05) is 45.9 Å². The van der Waals surface area contributed by atoms with Crippen molar-refractivity contribution < 1.29 is 14.3 Å². The van der Waals surface area contributed by atoms with Crippen LogP contribution in [0, 0.1) is 20.8 Å². The van der Waals surface area contributed by atoms with Crippen LogP contribution in [-0.4, -0.2) is 19.1 Å². The number of halogens is 1. The molecule has 0 aromatic heterocycles. The number of amides is 1. The van der Waals surface area contributed by atoms with E-state index in [0.29, 0.717) is 11.7 Å². The summed E-state index contributed by atoms with van der Waals surface area (Å²) in [5.74, 6) is 1.68. The Balaban J connectivity index is 2.15. The molecule has 0 fully saturated rings. The van der Waals surface area contributed by atoms with E-state index in [2.05, 4.69) is 25.2 Å². The zero-order valence-electron chi connectivity index (χ0n) is 18.6. The van der Waals surface area contributed by atoms with Crippen LogP contribution in [0.4, 0.5) is 0 Å². The third-order valence-corrected chi connectivity index (χ3v) is 5.75. The molecule has 4 nitrogen and oxygen atoms in total. The van der Waals surface area contributed by atoms with E-state index in [9.17, 15) is 4.79 Å². The number of carbonyl (C=O) groups is 1. The molecule has 2 rings (SSSR count). The van der Waals surface area contributed by atoms with Crippen LogP contribution < -0.4 is 14.8 Å². The molecule has 0 aliphatic heterocycles. The SMILES string of the molecule is COc1cc(C)c([C@@H](C)NC(=O)[C@H](C)Oc2cc(C)c(Cl)c(C)c2)cc1C(C)C. The molecule has 0 heterocycles. The van der Waals surface area contributed by atoms with Gasteiger partial charge in [0.05, 0.1) is 13.2 Å². The number of methoxy groups -OCH3 is 1. The first-order chi connectivity index (χ1) is 13.5. The van der Waals surface area contributed by atoms with E-state index < -0.39 is 6.10 Å². The highest BCUT2D eigenvalue weighted by molar-refractivity contribution is 6.32. The molecule has 0 unspecified atom stereocenters. The van der Waals surface area contributed by atoms with E-state index in [1.165, 1.54) is 0 Å². The molecule has 158 valence electrons. The molecule has 2 aromatic carbocycles. The maximum atomic E-state index is 12.7. The minimum absolute atomic E-state index is 0.148. The molecule has 0 radical (unpaired) electrons. The average Bonchev–Trinajstić information content (AvgIpc) is 2.65. The van der Waals surface area contributed by atoms with Crippen molar-refractivity contribution >= 4 is 17.5 Å². The molecule has 1 N–H and O–H groups in total. The first-order valence-corrected chi connectivity index (χ1v) is 10.3. The van der Waals surface area contributed by atoms with Gasteiger partial charge in [-0.15, -0.1) is 0 Å². The van der Waals surface area contributed by atoms with Crippen LogP contribution in [-0.2, 0) is 4.79 Å². The van der Waals surface area contributed by atoms with Gasteiger partial charge in [0.1, 0.15) is 11.5 Å². The quantitative estimate of drug-likeness (QED) is 0.597. The fraction of sp³-hybridized carbons (Fsp3) is 0.458. The molecule has 0 spiro atoms. The lowest BCUT2D eigenvalue weighted by Gasteiger charge is -2.23. The third kappa shape index (κ3) is 5.45. The van der Waals surface area contributed by atoms with Crippen molar-refractivity contribution in [3.63, 3.8) is 0 Å². The van der Waals surface area contributed by atoms with Gasteiger partial charge in [-0.3, -0.25) is 4.79 Å². The van der Waals surface area contributed by atoms with Gasteiger partial charge in [-0.25, -0.2) is 0 Å². The minimum Gasteiger partial charge on any atom is -0.496 e. The number of hydrogen-bond acceptors (Lipinski definition) is 3. The molecule has 2 aromatic rings. The van der Waals surface area contributed by atoms with Crippen molar-refractivity contribution in [2.24, 2.45) is 0 Å². The highest BCUT2D eigenvalue weighted by Crippen LogP contribution is 2.32. The highest BCUT2D eigenvalue weighted by Gasteiger charge is 2.21. The second-order valence-corrected chi connectivity index (χ2v) is 8.34. The van der Waals surface area contributed by atoms with Gasteiger partial charge in [-0.05, 0) is 92.6 Å². The van der Waals surface area contributed by atoms with Crippen molar-refractivity contribution in [3.05, 3.63) is 57.1 Å². The van der Waals surface area contributed by atoms with E-state index >= 15 is 0 Å². The maximum absolute atomic E-state index is 12.7. The molecule has 0 saturated carbocycles. The van der Waals surface area contributed by atoms with Gasteiger partial charge in [0, 0.05) is 5.02 Å². The number of hydrogen-bond donors (Lipinski definition) is 1. The lowest BCUT2D eigenvalue weighted by atomic mass is 9.93. The Labute approximate surface area is 179 Å². The van der Waals surface area contributed by atoms with Crippen LogP contribution in [0.25, 0.3) is 0 Å². The fourth-order valence-corrected chi connectivity index (χ4v) is 3.56. The molecular weight excluding hydrogens is 386 g/mol. The summed E-state index contributed by atoms with van der Waals surface area (Å²) in [6, 6.07) is 7.72. The Morgan fingerprint density at radius 3 is 2.03 bits per heavy atom. The van der Waals surface area contributed by atoms with Gasteiger partial charge < -0.3 is 14.8 Å². The summed E-state index contributed by atoms with van der Waals surface area (Å²) >= 11 is 6.21. The Bertz CT molecular complexity index is 869. The first-order valence-electron chi connectivity index (χ1n) is 9.97. The average molecular weight is 418 g/mol. The molecular formula is C24H32ClNO3. The van der Waals surface area contributed by atoms with Crippen molar-refractivity contribution in [2.45, 2.75) is 66.5 Å². The van der Waals surface area contributed by atoms with Gasteiger partial charge in [-0.1, -0.05) is 25.4 Å². The van der Waals surface area contributed by atoms with Gasteiger partial charge in [0.2, 0.25) is 0 Å². The third-order valence-electron chi connectivity index (χ3n) is 5.16.